The summed E-state index contributed by atoms with van der Waals surface area (Å²) in [6.45, 7) is 6.59. The number of aromatic nitrogens is 1. The standard InChI is InChI=1S/C15H20N2O/c1-3-9-16-11-13-10-12-7-5-6-8-14(12)15(17-13)18-4-2/h5-8,10,16H,3-4,9,11H2,1-2H3. The van der Waals surface area contributed by atoms with Crippen LogP contribution in [0.1, 0.15) is 26.0 Å². The van der Waals surface area contributed by atoms with Crippen LogP contribution in [0.5, 0.6) is 5.88 Å². The van der Waals surface area contributed by atoms with Crippen molar-refractivity contribution in [1.82, 2.24) is 10.3 Å². The van der Waals surface area contributed by atoms with E-state index >= 15 is 0 Å². The second-order valence-electron chi connectivity index (χ2n) is 4.25. The third-order valence-corrected chi connectivity index (χ3v) is 2.77. The van der Waals surface area contributed by atoms with Crippen molar-refractivity contribution >= 4 is 10.8 Å². The minimum atomic E-state index is 0.642. The third kappa shape index (κ3) is 2.99. The molecule has 96 valence electrons. The van der Waals surface area contributed by atoms with Crippen LogP contribution in [-0.2, 0) is 6.54 Å². The molecular formula is C15H20N2O. The molecule has 1 aromatic carbocycles. The monoisotopic (exact) mass is 244 g/mol. The first-order valence-corrected chi connectivity index (χ1v) is 6.57. The zero-order chi connectivity index (χ0) is 12.8. The maximum Gasteiger partial charge on any atom is 0.221 e. The number of rotatable bonds is 6. The van der Waals surface area contributed by atoms with Crippen LogP contribution in [0.2, 0.25) is 0 Å². The van der Waals surface area contributed by atoms with Gasteiger partial charge in [0.05, 0.1) is 12.3 Å². The van der Waals surface area contributed by atoms with E-state index in [-0.39, 0.29) is 0 Å². The van der Waals surface area contributed by atoms with E-state index in [1.54, 1.807) is 0 Å². The average Bonchev–Trinajstić information content (AvgIpc) is 2.39. The van der Waals surface area contributed by atoms with Gasteiger partial charge < -0.3 is 10.1 Å². The molecular weight excluding hydrogens is 224 g/mol. The van der Waals surface area contributed by atoms with E-state index in [0.717, 1.165) is 36.5 Å². The predicted molar refractivity (Wildman–Crippen MR) is 74.9 cm³/mol. The van der Waals surface area contributed by atoms with Crippen LogP contribution in [0.15, 0.2) is 30.3 Å². The molecule has 0 bridgehead atoms. The van der Waals surface area contributed by atoms with Crippen LogP contribution in [0.3, 0.4) is 0 Å². The van der Waals surface area contributed by atoms with Gasteiger partial charge >= 0.3 is 0 Å². The molecule has 0 spiro atoms. The summed E-state index contributed by atoms with van der Waals surface area (Å²) in [5, 5.41) is 5.63. The fourth-order valence-electron chi connectivity index (χ4n) is 1.95. The van der Waals surface area contributed by atoms with Gasteiger partial charge in [-0.3, -0.25) is 0 Å². The van der Waals surface area contributed by atoms with Crippen LogP contribution in [-0.4, -0.2) is 18.1 Å². The second-order valence-corrected chi connectivity index (χ2v) is 4.25. The summed E-state index contributed by atoms with van der Waals surface area (Å²) in [7, 11) is 0. The average molecular weight is 244 g/mol. The molecule has 0 unspecified atom stereocenters. The van der Waals surface area contributed by atoms with Gasteiger partial charge in [-0.15, -0.1) is 0 Å². The van der Waals surface area contributed by atoms with Gasteiger partial charge in [-0.1, -0.05) is 25.1 Å². The molecule has 1 aromatic heterocycles. The molecule has 2 rings (SSSR count). The maximum atomic E-state index is 5.63. The van der Waals surface area contributed by atoms with Gasteiger partial charge in [-0.25, -0.2) is 4.98 Å². The van der Waals surface area contributed by atoms with Gasteiger partial charge in [0.15, 0.2) is 0 Å². The van der Waals surface area contributed by atoms with Crippen molar-refractivity contribution < 1.29 is 4.74 Å². The first-order valence-electron chi connectivity index (χ1n) is 6.57. The van der Waals surface area contributed by atoms with Crippen LogP contribution in [0.25, 0.3) is 10.8 Å². The predicted octanol–water partition coefficient (Wildman–Crippen LogP) is 3.13. The first-order chi connectivity index (χ1) is 8.85. The molecule has 0 amide bonds. The molecule has 3 heteroatoms. The first kappa shape index (κ1) is 12.8. The van der Waals surface area contributed by atoms with Gasteiger partial charge in [-0.05, 0) is 37.4 Å². The third-order valence-electron chi connectivity index (χ3n) is 2.77. The van der Waals surface area contributed by atoms with Crippen molar-refractivity contribution in [3.8, 4) is 5.88 Å². The lowest BCUT2D eigenvalue weighted by molar-refractivity contribution is 0.330. The minimum Gasteiger partial charge on any atom is -0.478 e. The maximum absolute atomic E-state index is 5.63. The summed E-state index contributed by atoms with van der Waals surface area (Å²) in [6.07, 6.45) is 1.13. The fourth-order valence-corrected chi connectivity index (χ4v) is 1.95. The Hall–Kier alpha value is -1.61. The molecule has 0 saturated heterocycles. The van der Waals surface area contributed by atoms with Gasteiger partial charge in [-0.2, -0.15) is 0 Å². The number of nitrogens with zero attached hydrogens (tertiary/aromatic N) is 1. The van der Waals surface area contributed by atoms with E-state index in [9.17, 15) is 0 Å². The topological polar surface area (TPSA) is 34.1 Å². The molecule has 3 nitrogen and oxygen atoms in total. The number of hydrogen-bond acceptors (Lipinski definition) is 3. The summed E-state index contributed by atoms with van der Waals surface area (Å²) in [5.41, 5.74) is 1.03. The summed E-state index contributed by atoms with van der Waals surface area (Å²) in [6, 6.07) is 10.3. The summed E-state index contributed by atoms with van der Waals surface area (Å²) >= 11 is 0. The summed E-state index contributed by atoms with van der Waals surface area (Å²) < 4.78 is 5.63. The largest absolute Gasteiger partial charge is 0.478 e. The highest BCUT2D eigenvalue weighted by atomic mass is 16.5. The molecule has 18 heavy (non-hydrogen) atoms. The second kappa shape index (κ2) is 6.36. The minimum absolute atomic E-state index is 0.642. The number of pyridine rings is 1. The molecule has 0 fully saturated rings. The molecule has 1 N–H and O–H groups in total. The number of hydrogen-bond donors (Lipinski definition) is 1. The molecule has 1 heterocycles. The summed E-state index contributed by atoms with van der Waals surface area (Å²) in [5.74, 6) is 0.740. The SMILES string of the molecule is CCCNCc1cc2ccccc2c(OCC)n1. The number of fused-ring (bicyclic) bond motifs is 1. The Morgan fingerprint density at radius 3 is 2.83 bits per heavy atom. The van der Waals surface area contributed by atoms with Gasteiger partial charge in [0.2, 0.25) is 5.88 Å². The molecule has 0 saturated carbocycles. The van der Waals surface area contributed by atoms with Crippen LogP contribution in [0.4, 0.5) is 0 Å². The summed E-state index contributed by atoms with van der Waals surface area (Å²) in [4.78, 5) is 4.58. The number of ether oxygens (including phenoxy) is 1. The van der Waals surface area contributed by atoms with E-state index in [2.05, 4.69) is 35.4 Å². The van der Waals surface area contributed by atoms with Crippen molar-refractivity contribution in [2.45, 2.75) is 26.8 Å². The Bertz CT molecular complexity index is 511. The highest BCUT2D eigenvalue weighted by Crippen LogP contribution is 2.24. The molecule has 0 atom stereocenters. The van der Waals surface area contributed by atoms with Gasteiger partial charge in [0.1, 0.15) is 0 Å². The lowest BCUT2D eigenvalue weighted by Crippen LogP contribution is -2.15. The van der Waals surface area contributed by atoms with Crippen LogP contribution < -0.4 is 10.1 Å². The van der Waals surface area contributed by atoms with Crippen molar-refractivity contribution in [3.63, 3.8) is 0 Å². The fraction of sp³-hybridized carbons (Fsp3) is 0.400. The highest BCUT2D eigenvalue weighted by Gasteiger charge is 2.06. The zero-order valence-electron chi connectivity index (χ0n) is 11.1. The highest BCUT2D eigenvalue weighted by molar-refractivity contribution is 5.87. The zero-order valence-corrected chi connectivity index (χ0v) is 11.1. The van der Waals surface area contributed by atoms with Crippen LogP contribution >= 0.6 is 0 Å². The number of nitrogens with one attached hydrogen (secondary N) is 1. The van der Waals surface area contributed by atoms with Gasteiger partial charge in [0, 0.05) is 11.9 Å². The smallest absolute Gasteiger partial charge is 0.221 e. The Kier molecular flexibility index (Phi) is 4.53. The van der Waals surface area contributed by atoms with Crippen molar-refractivity contribution in [3.05, 3.63) is 36.0 Å². The molecule has 0 aliphatic carbocycles. The molecule has 0 aliphatic heterocycles. The van der Waals surface area contributed by atoms with E-state index in [1.807, 2.05) is 19.1 Å². The molecule has 0 aliphatic rings. The lowest BCUT2D eigenvalue weighted by atomic mass is 10.1. The molecule has 2 aromatic rings. The van der Waals surface area contributed by atoms with E-state index in [0.29, 0.717) is 6.61 Å². The van der Waals surface area contributed by atoms with Crippen molar-refractivity contribution in [2.75, 3.05) is 13.2 Å². The lowest BCUT2D eigenvalue weighted by Gasteiger charge is -2.10. The Morgan fingerprint density at radius 2 is 2.06 bits per heavy atom. The van der Waals surface area contributed by atoms with Crippen molar-refractivity contribution in [2.24, 2.45) is 0 Å². The molecule has 0 radical (unpaired) electrons. The quantitative estimate of drug-likeness (QED) is 0.793. The Labute approximate surface area is 108 Å². The number of benzene rings is 1. The normalized spacial score (nSPS) is 10.8. The Morgan fingerprint density at radius 1 is 1.22 bits per heavy atom. The van der Waals surface area contributed by atoms with E-state index < -0.39 is 0 Å². The van der Waals surface area contributed by atoms with Gasteiger partial charge in [0.25, 0.3) is 0 Å². The Balaban J connectivity index is 2.31. The van der Waals surface area contributed by atoms with E-state index in [4.69, 9.17) is 4.74 Å². The van der Waals surface area contributed by atoms with E-state index in [1.165, 1.54) is 5.39 Å². The van der Waals surface area contributed by atoms with Crippen LogP contribution in [0, 0.1) is 0 Å². The van der Waals surface area contributed by atoms with Crippen molar-refractivity contribution in [1.29, 1.82) is 0 Å².